The van der Waals surface area contributed by atoms with E-state index in [0.29, 0.717) is 0 Å². The van der Waals surface area contributed by atoms with Crippen LogP contribution in [0.4, 0.5) is 11.4 Å². The summed E-state index contributed by atoms with van der Waals surface area (Å²) in [6.07, 6.45) is 8.26. The van der Waals surface area contributed by atoms with Gasteiger partial charge in [-0.3, -0.25) is 9.78 Å². The lowest BCUT2D eigenvalue weighted by Gasteiger charge is -2.28. The van der Waals surface area contributed by atoms with Gasteiger partial charge in [0.25, 0.3) is 0 Å². The molecule has 1 aromatic carbocycles. The highest BCUT2D eigenvalue weighted by atomic mass is 32.2. The average Bonchev–Trinajstić information content (AvgIpc) is 3.23. The second-order valence-electron chi connectivity index (χ2n) is 8.04. The molecule has 168 valence electrons. The number of piperidine rings is 1. The second-order valence-corrected chi connectivity index (χ2v) is 9.35. The van der Waals surface area contributed by atoms with Crippen molar-refractivity contribution in [2.75, 3.05) is 23.3 Å². The molecule has 1 aliphatic heterocycles. The van der Waals surface area contributed by atoms with Gasteiger partial charge in [-0.1, -0.05) is 18.7 Å². The standard InChI is InChI=1S/C24H30N6OS/c1-3-15-30-22(19-11-13-25-14-12-19)27-28-24(30)32-18(2)23(31)26-20-7-9-21(10-8-20)29-16-5-4-6-17-29/h7-14,18H,3-6,15-17H2,1-2H3,(H,26,31). The van der Waals surface area contributed by atoms with Crippen LogP contribution < -0.4 is 10.2 Å². The molecule has 1 aliphatic rings. The molecule has 7 nitrogen and oxygen atoms in total. The van der Waals surface area contributed by atoms with Gasteiger partial charge in [-0.05, 0) is 69.0 Å². The molecule has 1 amide bonds. The highest BCUT2D eigenvalue weighted by Gasteiger charge is 2.21. The number of aromatic nitrogens is 4. The van der Waals surface area contributed by atoms with E-state index in [0.717, 1.165) is 48.3 Å². The van der Waals surface area contributed by atoms with Gasteiger partial charge in [0.2, 0.25) is 5.91 Å². The normalized spacial score (nSPS) is 14.9. The summed E-state index contributed by atoms with van der Waals surface area (Å²) in [5.74, 6) is 0.759. The lowest BCUT2D eigenvalue weighted by Crippen LogP contribution is -2.29. The zero-order valence-corrected chi connectivity index (χ0v) is 19.5. The Labute approximate surface area is 193 Å². The SMILES string of the molecule is CCCn1c(SC(C)C(=O)Nc2ccc(N3CCCCC3)cc2)nnc1-c1ccncc1. The Hall–Kier alpha value is -2.87. The van der Waals surface area contributed by atoms with Crippen LogP contribution >= 0.6 is 11.8 Å². The summed E-state index contributed by atoms with van der Waals surface area (Å²) in [5.41, 5.74) is 3.01. The number of nitrogens with zero attached hydrogens (tertiary/aromatic N) is 5. The number of hydrogen-bond acceptors (Lipinski definition) is 6. The van der Waals surface area contributed by atoms with Crippen LogP contribution in [-0.2, 0) is 11.3 Å². The van der Waals surface area contributed by atoms with Crippen LogP contribution in [0.25, 0.3) is 11.4 Å². The first-order valence-electron chi connectivity index (χ1n) is 11.3. The topological polar surface area (TPSA) is 75.9 Å². The Bertz CT molecular complexity index is 1010. The smallest absolute Gasteiger partial charge is 0.237 e. The predicted octanol–water partition coefficient (Wildman–Crippen LogP) is 4.86. The highest BCUT2D eigenvalue weighted by molar-refractivity contribution is 8.00. The van der Waals surface area contributed by atoms with E-state index >= 15 is 0 Å². The Morgan fingerprint density at radius 2 is 1.78 bits per heavy atom. The molecule has 1 fully saturated rings. The summed E-state index contributed by atoms with van der Waals surface area (Å²) in [7, 11) is 0. The molecule has 1 saturated heterocycles. The van der Waals surface area contributed by atoms with Gasteiger partial charge in [0.15, 0.2) is 11.0 Å². The number of rotatable bonds is 8. The van der Waals surface area contributed by atoms with E-state index in [2.05, 4.69) is 49.0 Å². The Balaban J connectivity index is 1.41. The van der Waals surface area contributed by atoms with Crippen LogP contribution in [0.3, 0.4) is 0 Å². The van der Waals surface area contributed by atoms with E-state index in [9.17, 15) is 4.79 Å². The molecule has 4 rings (SSSR count). The third kappa shape index (κ3) is 5.30. The first-order chi connectivity index (χ1) is 15.7. The molecule has 1 unspecified atom stereocenters. The fraction of sp³-hybridized carbons (Fsp3) is 0.417. The molecule has 32 heavy (non-hydrogen) atoms. The number of thioether (sulfide) groups is 1. The minimum Gasteiger partial charge on any atom is -0.372 e. The van der Waals surface area contributed by atoms with Crippen LogP contribution in [-0.4, -0.2) is 44.0 Å². The Kier molecular flexibility index (Phi) is 7.42. The van der Waals surface area contributed by atoms with E-state index in [1.54, 1.807) is 12.4 Å². The van der Waals surface area contributed by atoms with Gasteiger partial charge in [-0.15, -0.1) is 10.2 Å². The van der Waals surface area contributed by atoms with Gasteiger partial charge < -0.3 is 14.8 Å². The maximum absolute atomic E-state index is 12.8. The first kappa shape index (κ1) is 22.3. The maximum Gasteiger partial charge on any atom is 0.237 e. The zero-order valence-electron chi connectivity index (χ0n) is 18.7. The van der Waals surface area contributed by atoms with Gasteiger partial charge >= 0.3 is 0 Å². The largest absolute Gasteiger partial charge is 0.372 e. The van der Waals surface area contributed by atoms with Crippen molar-refractivity contribution in [1.29, 1.82) is 0 Å². The van der Waals surface area contributed by atoms with Crippen molar-refractivity contribution >= 4 is 29.0 Å². The van der Waals surface area contributed by atoms with Crippen molar-refractivity contribution in [2.24, 2.45) is 0 Å². The Morgan fingerprint density at radius 1 is 1.06 bits per heavy atom. The van der Waals surface area contributed by atoms with Crippen LogP contribution in [0.1, 0.15) is 39.5 Å². The van der Waals surface area contributed by atoms with Crippen LogP contribution in [0.15, 0.2) is 53.9 Å². The second kappa shape index (κ2) is 10.6. The molecule has 8 heteroatoms. The number of nitrogens with one attached hydrogen (secondary N) is 1. The van der Waals surface area contributed by atoms with Crippen molar-refractivity contribution in [2.45, 2.75) is 56.5 Å². The molecule has 0 radical (unpaired) electrons. The van der Waals surface area contributed by atoms with E-state index < -0.39 is 0 Å². The van der Waals surface area contributed by atoms with Gasteiger partial charge in [0, 0.05) is 49.0 Å². The third-order valence-corrected chi connectivity index (χ3v) is 6.69. The molecule has 3 aromatic rings. The fourth-order valence-electron chi connectivity index (χ4n) is 3.88. The van der Waals surface area contributed by atoms with Crippen LogP contribution in [0.5, 0.6) is 0 Å². The van der Waals surface area contributed by atoms with Crippen LogP contribution in [0.2, 0.25) is 0 Å². The van der Waals surface area contributed by atoms with Gasteiger partial charge in [0.1, 0.15) is 0 Å². The molecule has 2 aromatic heterocycles. The summed E-state index contributed by atoms with van der Waals surface area (Å²) in [5, 5.41) is 12.2. The van der Waals surface area contributed by atoms with Crippen LogP contribution in [0, 0.1) is 0 Å². The Morgan fingerprint density at radius 3 is 2.47 bits per heavy atom. The fourth-order valence-corrected chi connectivity index (χ4v) is 4.75. The van der Waals surface area contributed by atoms with E-state index in [1.165, 1.54) is 36.7 Å². The predicted molar refractivity (Wildman–Crippen MR) is 130 cm³/mol. The molecule has 0 bridgehead atoms. The minimum atomic E-state index is -0.304. The molecule has 0 spiro atoms. The van der Waals surface area contributed by atoms with E-state index in [4.69, 9.17) is 0 Å². The van der Waals surface area contributed by atoms with Crippen molar-refractivity contribution in [1.82, 2.24) is 19.7 Å². The molecule has 1 N–H and O–H groups in total. The van der Waals surface area contributed by atoms with Crippen molar-refractivity contribution in [3.63, 3.8) is 0 Å². The molecule has 0 saturated carbocycles. The van der Waals surface area contributed by atoms with E-state index in [-0.39, 0.29) is 11.2 Å². The third-order valence-electron chi connectivity index (χ3n) is 5.61. The van der Waals surface area contributed by atoms with Crippen molar-refractivity contribution in [3.05, 3.63) is 48.8 Å². The molecule has 0 aliphatic carbocycles. The average molecular weight is 451 g/mol. The summed E-state index contributed by atoms with van der Waals surface area (Å²) in [6, 6.07) is 12.0. The number of amides is 1. The molecule has 3 heterocycles. The number of pyridine rings is 1. The van der Waals surface area contributed by atoms with Crippen molar-refractivity contribution < 1.29 is 4.79 Å². The number of carbonyl (C=O) groups excluding carboxylic acids is 1. The summed E-state index contributed by atoms with van der Waals surface area (Å²) >= 11 is 1.43. The van der Waals surface area contributed by atoms with Gasteiger partial charge in [0.05, 0.1) is 5.25 Å². The minimum absolute atomic E-state index is 0.0442. The van der Waals surface area contributed by atoms with Gasteiger partial charge in [-0.25, -0.2) is 0 Å². The number of carbonyl (C=O) groups is 1. The summed E-state index contributed by atoms with van der Waals surface area (Å²) < 4.78 is 2.08. The van der Waals surface area contributed by atoms with E-state index in [1.807, 2.05) is 31.2 Å². The van der Waals surface area contributed by atoms with Crippen molar-refractivity contribution in [3.8, 4) is 11.4 Å². The lowest BCUT2D eigenvalue weighted by molar-refractivity contribution is -0.115. The molecule has 1 atom stereocenters. The summed E-state index contributed by atoms with van der Waals surface area (Å²) in [6.45, 7) is 7.03. The first-order valence-corrected chi connectivity index (χ1v) is 12.2. The molecular formula is C24H30N6OS. The lowest BCUT2D eigenvalue weighted by atomic mass is 10.1. The van der Waals surface area contributed by atoms with Gasteiger partial charge in [-0.2, -0.15) is 0 Å². The number of anilines is 2. The quantitative estimate of drug-likeness (QED) is 0.494. The zero-order chi connectivity index (χ0) is 22.3. The summed E-state index contributed by atoms with van der Waals surface area (Å²) in [4.78, 5) is 19.3. The molecular weight excluding hydrogens is 420 g/mol. The highest BCUT2D eigenvalue weighted by Crippen LogP contribution is 2.28. The monoisotopic (exact) mass is 450 g/mol. The number of benzene rings is 1. The maximum atomic E-state index is 12.8. The number of hydrogen-bond donors (Lipinski definition) is 1.